The van der Waals surface area contributed by atoms with E-state index in [9.17, 15) is 9.59 Å². The number of carboxylic acid groups (broad SMARTS) is 1. The molecule has 108 valence electrons. The maximum Gasteiger partial charge on any atom is 0.407 e. The van der Waals surface area contributed by atoms with Crippen molar-refractivity contribution in [1.29, 1.82) is 0 Å². The van der Waals surface area contributed by atoms with E-state index in [1.165, 1.54) is 0 Å². The van der Waals surface area contributed by atoms with Gasteiger partial charge in [-0.3, -0.25) is 9.69 Å². The van der Waals surface area contributed by atoms with E-state index in [4.69, 9.17) is 9.84 Å². The van der Waals surface area contributed by atoms with Crippen LogP contribution in [0.3, 0.4) is 0 Å². The Morgan fingerprint density at radius 3 is 2.80 bits per heavy atom. The van der Waals surface area contributed by atoms with Crippen LogP contribution in [0.4, 0.5) is 4.79 Å². The third-order valence-electron chi connectivity index (χ3n) is 3.17. The molecule has 1 fully saturated rings. The smallest absolute Gasteiger partial charge is 0.407 e. The van der Waals surface area contributed by atoms with Gasteiger partial charge in [-0.05, 0) is 12.0 Å². The molecule has 2 N–H and O–H groups in total. The van der Waals surface area contributed by atoms with Crippen molar-refractivity contribution in [1.82, 2.24) is 10.2 Å². The summed E-state index contributed by atoms with van der Waals surface area (Å²) in [6.45, 7) is 1.47. The number of ether oxygens (including phenoxy) is 1. The number of benzene rings is 1. The number of carbonyl (C=O) groups excluding carboxylic acids is 1. The van der Waals surface area contributed by atoms with Gasteiger partial charge in [0.25, 0.3) is 0 Å². The van der Waals surface area contributed by atoms with Crippen LogP contribution in [-0.4, -0.2) is 47.7 Å². The fourth-order valence-electron chi connectivity index (χ4n) is 2.22. The fraction of sp³-hybridized carbons (Fsp3) is 0.429. The van der Waals surface area contributed by atoms with Crippen molar-refractivity contribution in [2.24, 2.45) is 0 Å². The van der Waals surface area contributed by atoms with Crippen LogP contribution in [-0.2, 0) is 16.1 Å². The van der Waals surface area contributed by atoms with Crippen molar-refractivity contribution >= 4 is 12.1 Å². The first-order valence-electron chi connectivity index (χ1n) is 6.55. The number of nitrogens with zero attached hydrogens (tertiary/aromatic N) is 1. The van der Waals surface area contributed by atoms with Gasteiger partial charge in [0.1, 0.15) is 6.61 Å². The number of hydrogen-bond acceptors (Lipinski definition) is 4. The highest BCUT2D eigenvalue weighted by Crippen LogP contribution is 2.09. The van der Waals surface area contributed by atoms with E-state index < -0.39 is 12.1 Å². The molecule has 1 saturated heterocycles. The normalized spacial score (nSPS) is 18.7. The highest BCUT2D eigenvalue weighted by molar-refractivity contribution is 5.69. The molecule has 1 aromatic carbocycles. The molecule has 1 unspecified atom stereocenters. The number of carbonyl (C=O) groups is 2. The molecule has 0 bridgehead atoms. The molecule has 1 aliphatic rings. The Morgan fingerprint density at radius 2 is 2.10 bits per heavy atom. The summed E-state index contributed by atoms with van der Waals surface area (Å²) in [5.41, 5.74) is 0.932. The zero-order chi connectivity index (χ0) is 14.4. The van der Waals surface area contributed by atoms with Gasteiger partial charge in [-0.25, -0.2) is 4.79 Å². The van der Waals surface area contributed by atoms with Crippen molar-refractivity contribution in [3.63, 3.8) is 0 Å². The minimum atomic E-state index is -0.850. The van der Waals surface area contributed by atoms with Gasteiger partial charge < -0.3 is 15.2 Å². The molecule has 6 heteroatoms. The van der Waals surface area contributed by atoms with Gasteiger partial charge in [-0.1, -0.05) is 30.3 Å². The van der Waals surface area contributed by atoms with Crippen LogP contribution in [0.25, 0.3) is 0 Å². The summed E-state index contributed by atoms with van der Waals surface area (Å²) in [5.74, 6) is -0.850. The molecule has 2 rings (SSSR count). The molecule has 0 radical (unpaired) electrons. The molecular formula is C14H18N2O4. The van der Waals surface area contributed by atoms with Gasteiger partial charge in [0, 0.05) is 19.1 Å². The first kappa shape index (κ1) is 14.3. The number of nitrogens with one attached hydrogen (secondary N) is 1. The summed E-state index contributed by atoms with van der Waals surface area (Å²) in [4.78, 5) is 24.0. The third-order valence-corrected chi connectivity index (χ3v) is 3.17. The third kappa shape index (κ3) is 4.55. The number of aliphatic carboxylic acids is 1. The van der Waals surface area contributed by atoms with E-state index in [2.05, 4.69) is 5.32 Å². The molecule has 20 heavy (non-hydrogen) atoms. The van der Waals surface area contributed by atoms with Gasteiger partial charge in [0.05, 0.1) is 6.54 Å². The number of rotatable bonds is 5. The number of carboxylic acids is 1. The molecule has 0 spiro atoms. The molecule has 0 aliphatic carbocycles. The quantitative estimate of drug-likeness (QED) is 0.842. The first-order chi connectivity index (χ1) is 9.63. The molecule has 1 amide bonds. The predicted molar refractivity (Wildman–Crippen MR) is 72.2 cm³/mol. The molecule has 0 saturated carbocycles. The van der Waals surface area contributed by atoms with E-state index in [1.807, 2.05) is 30.3 Å². The largest absolute Gasteiger partial charge is 0.480 e. The maximum absolute atomic E-state index is 11.6. The Balaban J connectivity index is 1.69. The van der Waals surface area contributed by atoms with E-state index in [1.54, 1.807) is 4.90 Å². The summed E-state index contributed by atoms with van der Waals surface area (Å²) in [5, 5.41) is 11.5. The second kappa shape index (κ2) is 6.91. The molecule has 1 aromatic rings. The second-order valence-corrected chi connectivity index (χ2v) is 4.82. The summed E-state index contributed by atoms with van der Waals surface area (Å²) >= 11 is 0. The van der Waals surface area contributed by atoms with Gasteiger partial charge in [-0.2, -0.15) is 0 Å². The molecule has 1 aliphatic heterocycles. The molecule has 6 nitrogen and oxygen atoms in total. The first-order valence-corrected chi connectivity index (χ1v) is 6.55. The summed E-state index contributed by atoms with van der Waals surface area (Å²) in [6.07, 6.45) is 0.282. The zero-order valence-corrected chi connectivity index (χ0v) is 11.1. The minimum Gasteiger partial charge on any atom is -0.480 e. The van der Waals surface area contributed by atoms with Crippen molar-refractivity contribution in [2.75, 3.05) is 19.6 Å². The van der Waals surface area contributed by atoms with E-state index >= 15 is 0 Å². The van der Waals surface area contributed by atoms with Crippen LogP contribution in [0.5, 0.6) is 0 Å². The number of alkyl carbamates (subject to hydrolysis) is 1. The van der Waals surface area contributed by atoms with E-state index in [-0.39, 0.29) is 19.2 Å². The lowest BCUT2D eigenvalue weighted by molar-refractivity contribution is -0.138. The van der Waals surface area contributed by atoms with Gasteiger partial charge >= 0.3 is 12.1 Å². The van der Waals surface area contributed by atoms with Crippen LogP contribution >= 0.6 is 0 Å². The number of hydrogen-bond donors (Lipinski definition) is 2. The lowest BCUT2D eigenvalue weighted by Crippen LogP contribution is -2.38. The highest BCUT2D eigenvalue weighted by atomic mass is 16.5. The Bertz CT molecular complexity index is 464. The Kier molecular flexibility index (Phi) is 4.95. The Labute approximate surface area is 117 Å². The van der Waals surface area contributed by atoms with Crippen LogP contribution in [0.15, 0.2) is 30.3 Å². The average molecular weight is 278 g/mol. The van der Waals surface area contributed by atoms with Crippen LogP contribution < -0.4 is 5.32 Å². The van der Waals surface area contributed by atoms with Crippen molar-refractivity contribution in [3.8, 4) is 0 Å². The lowest BCUT2D eigenvalue weighted by atomic mass is 10.2. The van der Waals surface area contributed by atoms with E-state index in [0.717, 1.165) is 12.0 Å². The topological polar surface area (TPSA) is 78.9 Å². The van der Waals surface area contributed by atoms with Crippen molar-refractivity contribution in [3.05, 3.63) is 35.9 Å². The summed E-state index contributed by atoms with van der Waals surface area (Å²) in [7, 11) is 0. The standard InChI is InChI=1S/C14H18N2O4/c17-13(18)9-16-7-6-12(8-16)15-14(19)20-10-11-4-2-1-3-5-11/h1-5,12H,6-10H2,(H,15,19)(H,17,18). The lowest BCUT2D eigenvalue weighted by Gasteiger charge is -2.14. The average Bonchev–Trinajstić information content (AvgIpc) is 2.84. The van der Waals surface area contributed by atoms with Crippen molar-refractivity contribution in [2.45, 2.75) is 19.1 Å². The van der Waals surface area contributed by atoms with Crippen LogP contribution in [0.1, 0.15) is 12.0 Å². The summed E-state index contributed by atoms with van der Waals surface area (Å²) < 4.78 is 5.12. The van der Waals surface area contributed by atoms with Crippen LogP contribution in [0.2, 0.25) is 0 Å². The fourth-order valence-corrected chi connectivity index (χ4v) is 2.22. The maximum atomic E-state index is 11.6. The predicted octanol–water partition coefficient (Wildman–Crippen LogP) is 1.07. The molecule has 1 heterocycles. The minimum absolute atomic E-state index is 0.0112. The number of likely N-dealkylation sites (tertiary alicyclic amines) is 1. The van der Waals surface area contributed by atoms with Gasteiger partial charge in [0.15, 0.2) is 0 Å². The SMILES string of the molecule is O=C(O)CN1CCC(NC(=O)OCc2ccccc2)C1. The van der Waals surface area contributed by atoms with Crippen molar-refractivity contribution < 1.29 is 19.4 Å². The molecular weight excluding hydrogens is 260 g/mol. The second-order valence-electron chi connectivity index (χ2n) is 4.82. The van der Waals surface area contributed by atoms with Crippen LogP contribution in [0, 0.1) is 0 Å². The molecule has 0 aromatic heterocycles. The van der Waals surface area contributed by atoms with Gasteiger partial charge in [0.2, 0.25) is 0 Å². The summed E-state index contributed by atoms with van der Waals surface area (Å²) in [6, 6.07) is 9.40. The zero-order valence-electron chi connectivity index (χ0n) is 11.1. The monoisotopic (exact) mass is 278 g/mol. The highest BCUT2D eigenvalue weighted by Gasteiger charge is 2.25. The molecule has 1 atom stereocenters. The Hall–Kier alpha value is -2.08. The number of amides is 1. The Morgan fingerprint density at radius 1 is 1.35 bits per heavy atom. The van der Waals surface area contributed by atoms with Gasteiger partial charge in [-0.15, -0.1) is 0 Å². The van der Waals surface area contributed by atoms with E-state index in [0.29, 0.717) is 13.1 Å².